The zero-order valence-corrected chi connectivity index (χ0v) is 10.3. The molecule has 0 saturated heterocycles. The number of hydrogen-bond acceptors (Lipinski definition) is 2. The third-order valence-electron chi connectivity index (χ3n) is 3.03. The lowest BCUT2D eigenvalue weighted by molar-refractivity contribution is 0.0954. The van der Waals surface area contributed by atoms with E-state index in [1.54, 1.807) is 0 Å². The summed E-state index contributed by atoms with van der Waals surface area (Å²) in [7, 11) is 0. The summed E-state index contributed by atoms with van der Waals surface area (Å²) in [6.45, 7) is 4.66. The Labute approximate surface area is 103 Å². The van der Waals surface area contributed by atoms with E-state index in [0.29, 0.717) is 6.54 Å². The van der Waals surface area contributed by atoms with Crippen LogP contribution >= 0.6 is 0 Å². The second-order valence-electron chi connectivity index (χ2n) is 4.77. The number of carbonyl (C=O) groups excluding carboxylic acids is 1. The van der Waals surface area contributed by atoms with Gasteiger partial charge in [0.2, 0.25) is 0 Å². The van der Waals surface area contributed by atoms with E-state index in [-0.39, 0.29) is 5.91 Å². The second kappa shape index (κ2) is 5.82. The minimum atomic E-state index is 0.0122. The zero-order chi connectivity index (χ0) is 12.1. The summed E-state index contributed by atoms with van der Waals surface area (Å²) in [5, 5.41) is 6.26. The maximum Gasteiger partial charge on any atom is 0.251 e. The third-order valence-corrected chi connectivity index (χ3v) is 3.03. The molecule has 92 valence electrons. The van der Waals surface area contributed by atoms with Crippen molar-refractivity contribution in [3.8, 4) is 0 Å². The quantitative estimate of drug-likeness (QED) is 0.733. The molecule has 1 aliphatic carbocycles. The van der Waals surface area contributed by atoms with Gasteiger partial charge in [-0.3, -0.25) is 4.79 Å². The van der Waals surface area contributed by atoms with Gasteiger partial charge in [0.25, 0.3) is 5.91 Å². The van der Waals surface area contributed by atoms with Crippen LogP contribution in [0.2, 0.25) is 0 Å². The Morgan fingerprint density at radius 3 is 2.59 bits per heavy atom. The number of amides is 1. The maximum absolute atomic E-state index is 11.7. The van der Waals surface area contributed by atoms with E-state index < -0.39 is 0 Å². The van der Waals surface area contributed by atoms with E-state index in [1.807, 2.05) is 31.2 Å². The van der Waals surface area contributed by atoms with Crippen molar-refractivity contribution in [2.45, 2.75) is 19.8 Å². The van der Waals surface area contributed by atoms with E-state index >= 15 is 0 Å². The van der Waals surface area contributed by atoms with Crippen LogP contribution < -0.4 is 10.6 Å². The molecule has 0 unspecified atom stereocenters. The number of aryl methyl sites for hydroxylation is 1. The largest absolute Gasteiger partial charge is 0.351 e. The minimum absolute atomic E-state index is 0.0122. The van der Waals surface area contributed by atoms with Crippen LogP contribution in [0.25, 0.3) is 0 Å². The number of benzene rings is 1. The summed E-state index contributed by atoms with van der Waals surface area (Å²) in [5.41, 5.74) is 1.91. The van der Waals surface area contributed by atoms with Crippen LogP contribution in [0, 0.1) is 12.8 Å². The Kier molecular flexibility index (Phi) is 4.15. The molecule has 0 bridgehead atoms. The van der Waals surface area contributed by atoms with Crippen LogP contribution in [-0.4, -0.2) is 25.5 Å². The zero-order valence-electron chi connectivity index (χ0n) is 10.3. The van der Waals surface area contributed by atoms with Crippen molar-refractivity contribution in [2.75, 3.05) is 19.6 Å². The molecule has 3 heteroatoms. The van der Waals surface area contributed by atoms with Crippen LogP contribution in [0.3, 0.4) is 0 Å². The van der Waals surface area contributed by atoms with Crippen molar-refractivity contribution in [3.05, 3.63) is 35.4 Å². The second-order valence-corrected chi connectivity index (χ2v) is 4.77. The summed E-state index contributed by atoms with van der Waals surface area (Å²) >= 11 is 0. The van der Waals surface area contributed by atoms with Gasteiger partial charge in [0, 0.05) is 18.7 Å². The van der Waals surface area contributed by atoms with E-state index in [2.05, 4.69) is 10.6 Å². The SMILES string of the molecule is Cc1ccc(C(=O)NCCNCC2CC2)cc1. The molecule has 0 radical (unpaired) electrons. The van der Waals surface area contributed by atoms with Gasteiger partial charge in [0.05, 0.1) is 0 Å². The summed E-state index contributed by atoms with van der Waals surface area (Å²) in [6.07, 6.45) is 2.73. The van der Waals surface area contributed by atoms with Gasteiger partial charge < -0.3 is 10.6 Å². The van der Waals surface area contributed by atoms with E-state index in [4.69, 9.17) is 0 Å². The molecule has 0 aliphatic heterocycles. The van der Waals surface area contributed by atoms with Crippen molar-refractivity contribution in [1.82, 2.24) is 10.6 Å². The van der Waals surface area contributed by atoms with Crippen molar-refractivity contribution < 1.29 is 4.79 Å². The van der Waals surface area contributed by atoms with Gasteiger partial charge >= 0.3 is 0 Å². The van der Waals surface area contributed by atoms with Gasteiger partial charge in [-0.2, -0.15) is 0 Å². The molecule has 1 aromatic rings. The molecule has 1 aliphatic rings. The van der Waals surface area contributed by atoms with E-state index in [0.717, 1.165) is 24.6 Å². The molecule has 3 nitrogen and oxygen atoms in total. The van der Waals surface area contributed by atoms with Crippen LogP contribution in [-0.2, 0) is 0 Å². The molecule has 0 aromatic heterocycles. The molecule has 17 heavy (non-hydrogen) atoms. The molecular formula is C14H20N2O. The molecule has 0 spiro atoms. The minimum Gasteiger partial charge on any atom is -0.351 e. The van der Waals surface area contributed by atoms with Crippen LogP contribution in [0.4, 0.5) is 0 Å². The van der Waals surface area contributed by atoms with Crippen molar-refractivity contribution >= 4 is 5.91 Å². The molecule has 0 heterocycles. The first-order valence-electron chi connectivity index (χ1n) is 6.31. The van der Waals surface area contributed by atoms with Crippen LogP contribution in [0.15, 0.2) is 24.3 Å². The van der Waals surface area contributed by atoms with E-state index in [1.165, 1.54) is 18.4 Å². The van der Waals surface area contributed by atoms with E-state index in [9.17, 15) is 4.79 Å². The Morgan fingerprint density at radius 2 is 1.94 bits per heavy atom. The Bertz CT molecular complexity index is 368. The average Bonchev–Trinajstić information content (AvgIpc) is 3.13. The highest BCUT2D eigenvalue weighted by atomic mass is 16.1. The third kappa shape index (κ3) is 4.19. The smallest absolute Gasteiger partial charge is 0.251 e. The van der Waals surface area contributed by atoms with Crippen LogP contribution in [0.1, 0.15) is 28.8 Å². The molecule has 0 atom stereocenters. The molecular weight excluding hydrogens is 212 g/mol. The van der Waals surface area contributed by atoms with Gasteiger partial charge in [-0.05, 0) is 44.4 Å². The number of rotatable bonds is 6. The number of carbonyl (C=O) groups is 1. The fourth-order valence-electron chi connectivity index (χ4n) is 1.70. The number of nitrogens with one attached hydrogen (secondary N) is 2. The summed E-state index contributed by atoms with van der Waals surface area (Å²) in [6, 6.07) is 7.64. The first kappa shape index (κ1) is 12.1. The molecule has 1 aromatic carbocycles. The molecule has 1 fully saturated rings. The Hall–Kier alpha value is -1.35. The monoisotopic (exact) mass is 232 g/mol. The van der Waals surface area contributed by atoms with Crippen molar-refractivity contribution in [1.29, 1.82) is 0 Å². The summed E-state index contributed by atoms with van der Waals surface area (Å²) < 4.78 is 0. The topological polar surface area (TPSA) is 41.1 Å². The average molecular weight is 232 g/mol. The highest BCUT2D eigenvalue weighted by Gasteiger charge is 2.19. The highest BCUT2D eigenvalue weighted by molar-refractivity contribution is 5.94. The van der Waals surface area contributed by atoms with Crippen LogP contribution in [0.5, 0.6) is 0 Å². The van der Waals surface area contributed by atoms with Gasteiger partial charge in [-0.25, -0.2) is 0 Å². The normalized spacial score (nSPS) is 14.6. The predicted molar refractivity (Wildman–Crippen MR) is 69.1 cm³/mol. The lowest BCUT2D eigenvalue weighted by Crippen LogP contribution is -2.32. The molecule has 1 amide bonds. The standard InChI is InChI=1S/C14H20N2O/c1-11-2-6-13(7-3-11)14(17)16-9-8-15-10-12-4-5-12/h2-3,6-7,12,15H,4-5,8-10H2,1H3,(H,16,17). The summed E-state index contributed by atoms with van der Waals surface area (Å²) in [5.74, 6) is 0.904. The maximum atomic E-state index is 11.7. The van der Waals surface area contributed by atoms with Gasteiger partial charge in [0.15, 0.2) is 0 Å². The molecule has 1 saturated carbocycles. The molecule has 2 N–H and O–H groups in total. The Morgan fingerprint density at radius 1 is 1.24 bits per heavy atom. The predicted octanol–water partition coefficient (Wildman–Crippen LogP) is 1.72. The van der Waals surface area contributed by atoms with Gasteiger partial charge in [-0.15, -0.1) is 0 Å². The van der Waals surface area contributed by atoms with Gasteiger partial charge in [-0.1, -0.05) is 17.7 Å². The first-order valence-corrected chi connectivity index (χ1v) is 6.31. The first-order chi connectivity index (χ1) is 8.25. The summed E-state index contributed by atoms with van der Waals surface area (Å²) in [4.78, 5) is 11.7. The number of hydrogen-bond donors (Lipinski definition) is 2. The van der Waals surface area contributed by atoms with Crippen molar-refractivity contribution in [2.24, 2.45) is 5.92 Å². The molecule has 2 rings (SSSR count). The fraction of sp³-hybridized carbons (Fsp3) is 0.500. The lowest BCUT2D eigenvalue weighted by atomic mass is 10.1. The van der Waals surface area contributed by atoms with Crippen molar-refractivity contribution in [3.63, 3.8) is 0 Å². The Balaban J connectivity index is 1.64. The highest BCUT2D eigenvalue weighted by Crippen LogP contribution is 2.27. The lowest BCUT2D eigenvalue weighted by Gasteiger charge is -2.06. The fourth-order valence-corrected chi connectivity index (χ4v) is 1.70. The van der Waals surface area contributed by atoms with Gasteiger partial charge in [0.1, 0.15) is 0 Å².